The van der Waals surface area contributed by atoms with Crippen LogP contribution >= 0.6 is 0 Å². The average Bonchev–Trinajstić information content (AvgIpc) is 2.80. The van der Waals surface area contributed by atoms with Crippen molar-refractivity contribution in [3.8, 4) is 0 Å². The summed E-state index contributed by atoms with van der Waals surface area (Å²) in [5.41, 5.74) is 1.74. The molecule has 0 radical (unpaired) electrons. The Labute approximate surface area is 113 Å². The van der Waals surface area contributed by atoms with Gasteiger partial charge in [0.05, 0.1) is 17.6 Å². The molecule has 0 aliphatic carbocycles. The minimum atomic E-state index is -3.43. The summed E-state index contributed by atoms with van der Waals surface area (Å²) in [5, 5.41) is 0. The molecule has 0 saturated carbocycles. The molecule has 6 nitrogen and oxygen atoms in total. The molecule has 0 aliphatic heterocycles. The molecule has 0 aliphatic rings. The van der Waals surface area contributed by atoms with Crippen molar-refractivity contribution in [1.82, 2.24) is 19.0 Å². The fourth-order valence-corrected chi connectivity index (χ4v) is 3.09. The molecular formula is C12H18N4O2S. The monoisotopic (exact) mass is 282 g/mol. The van der Waals surface area contributed by atoms with Crippen LogP contribution in [-0.4, -0.2) is 35.8 Å². The van der Waals surface area contributed by atoms with Gasteiger partial charge in [0.15, 0.2) is 0 Å². The summed E-state index contributed by atoms with van der Waals surface area (Å²) in [6.07, 6.45) is 0. The Hall–Kier alpha value is -1.44. The highest BCUT2D eigenvalue weighted by atomic mass is 32.2. The van der Waals surface area contributed by atoms with Crippen LogP contribution in [0.3, 0.4) is 0 Å². The molecule has 2 aromatic rings. The fraction of sp³-hybridized carbons (Fsp3) is 0.417. The van der Waals surface area contributed by atoms with E-state index in [9.17, 15) is 8.42 Å². The van der Waals surface area contributed by atoms with Gasteiger partial charge in [0, 0.05) is 13.1 Å². The third-order valence-electron chi connectivity index (χ3n) is 2.91. The number of imidazole rings is 1. The predicted molar refractivity (Wildman–Crippen MR) is 74.8 cm³/mol. The second-order valence-corrected chi connectivity index (χ2v) is 5.87. The molecule has 0 spiro atoms. The number of H-pyrrole nitrogens is 1. The average molecular weight is 282 g/mol. The van der Waals surface area contributed by atoms with Gasteiger partial charge in [0.2, 0.25) is 0 Å². The number of hydrogen-bond acceptors (Lipinski definition) is 3. The summed E-state index contributed by atoms with van der Waals surface area (Å²) in [5.74, 6) is 0.608. The van der Waals surface area contributed by atoms with Gasteiger partial charge in [0.1, 0.15) is 5.82 Å². The van der Waals surface area contributed by atoms with Crippen molar-refractivity contribution in [2.24, 2.45) is 0 Å². The molecule has 0 atom stereocenters. The molecule has 0 bridgehead atoms. The highest BCUT2D eigenvalue weighted by Gasteiger charge is 2.18. The van der Waals surface area contributed by atoms with Gasteiger partial charge < -0.3 is 4.98 Å². The quantitative estimate of drug-likeness (QED) is 0.836. The SMILES string of the molecule is CCN(CC)S(=O)(=O)NCc1nc2ccccc2[nH]1. The molecule has 0 fully saturated rings. The van der Waals surface area contributed by atoms with Crippen LogP contribution in [0.15, 0.2) is 24.3 Å². The number of rotatable bonds is 6. The highest BCUT2D eigenvalue weighted by molar-refractivity contribution is 7.87. The van der Waals surface area contributed by atoms with E-state index in [-0.39, 0.29) is 6.54 Å². The van der Waals surface area contributed by atoms with E-state index in [0.717, 1.165) is 11.0 Å². The van der Waals surface area contributed by atoms with Gasteiger partial charge in [-0.2, -0.15) is 17.4 Å². The van der Waals surface area contributed by atoms with E-state index in [1.165, 1.54) is 4.31 Å². The number of aromatic amines is 1. The van der Waals surface area contributed by atoms with E-state index in [1.54, 1.807) is 0 Å². The molecule has 1 aromatic heterocycles. The van der Waals surface area contributed by atoms with E-state index in [1.807, 2.05) is 38.1 Å². The molecule has 1 heterocycles. The molecule has 7 heteroatoms. The maximum absolute atomic E-state index is 12.0. The Morgan fingerprint density at radius 1 is 1.26 bits per heavy atom. The summed E-state index contributed by atoms with van der Waals surface area (Å²) in [7, 11) is -3.43. The first kappa shape index (κ1) is 14.0. The largest absolute Gasteiger partial charge is 0.341 e. The zero-order valence-electron chi connectivity index (χ0n) is 11.0. The van der Waals surface area contributed by atoms with Crippen LogP contribution in [0.4, 0.5) is 0 Å². The van der Waals surface area contributed by atoms with Crippen molar-refractivity contribution in [2.45, 2.75) is 20.4 Å². The zero-order chi connectivity index (χ0) is 13.9. The van der Waals surface area contributed by atoms with Gasteiger partial charge in [-0.25, -0.2) is 4.98 Å². The number of nitrogens with zero attached hydrogens (tertiary/aromatic N) is 2. The normalized spacial score (nSPS) is 12.4. The van der Waals surface area contributed by atoms with Gasteiger partial charge in [-0.05, 0) is 12.1 Å². The Kier molecular flexibility index (Phi) is 4.18. The van der Waals surface area contributed by atoms with Gasteiger partial charge in [-0.15, -0.1) is 0 Å². The number of para-hydroxylation sites is 2. The zero-order valence-corrected chi connectivity index (χ0v) is 11.9. The standard InChI is InChI=1S/C12H18N4O2S/c1-3-16(4-2)19(17,18)13-9-12-14-10-7-5-6-8-11(10)15-12/h5-8,13H,3-4,9H2,1-2H3,(H,14,15). The summed E-state index contributed by atoms with van der Waals surface area (Å²) in [6.45, 7) is 4.68. The first-order valence-corrected chi connectivity index (χ1v) is 7.69. The Morgan fingerprint density at radius 2 is 1.95 bits per heavy atom. The number of hydrogen-bond donors (Lipinski definition) is 2. The molecular weight excluding hydrogens is 264 g/mol. The first-order chi connectivity index (χ1) is 9.06. The lowest BCUT2D eigenvalue weighted by Gasteiger charge is -2.18. The van der Waals surface area contributed by atoms with Crippen LogP contribution in [0.1, 0.15) is 19.7 Å². The van der Waals surface area contributed by atoms with Gasteiger partial charge in [-0.1, -0.05) is 26.0 Å². The lowest BCUT2D eigenvalue weighted by Crippen LogP contribution is -2.40. The topological polar surface area (TPSA) is 78.1 Å². The van der Waals surface area contributed by atoms with E-state index >= 15 is 0 Å². The molecule has 104 valence electrons. The molecule has 0 amide bonds. The van der Waals surface area contributed by atoms with Crippen LogP contribution in [0, 0.1) is 0 Å². The van der Waals surface area contributed by atoms with E-state index in [0.29, 0.717) is 18.9 Å². The lowest BCUT2D eigenvalue weighted by molar-refractivity contribution is 0.434. The maximum atomic E-state index is 12.0. The summed E-state index contributed by atoms with van der Waals surface area (Å²) in [4.78, 5) is 7.41. The molecule has 19 heavy (non-hydrogen) atoms. The van der Waals surface area contributed by atoms with E-state index in [4.69, 9.17) is 0 Å². The molecule has 1 aromatic carbocycles. The van der Waals surface area contributed by atoms with Crippen molar-refractivity contribution in [2.75, 3.05) is 13.1 Å². The fourth-order valence-electron chi connectivity index (χ4n) is 1.90. The van der Waals surface area contributed by atoms with E-state index < -0.39 is 10.2 Å². The van der Waals surface area contributed by atoms with Crippen LogP contribution in [0.25, 0.3) is 11.0 Å². The lowest BCUT2D eigenvalue weighted by atomic mass is 10.3. The van der Waals surface area contributed by atoms with Crippen molar-refractivity contribution in [3.05, 3.63) is 30.1 Å². The van der Waals surface area contributed by atoms with Gasteiger partial charge in [-0.3, -0.25) is 0 Å². The Morgan fingerprint density at radius 3 is 2.58 bits per heavy atom. The van der Waals surface area contributed by atoms with Gasteiger partial charge >= 0.3 is 0 Å². The van der Waals surface area contributed by atoms with Crippen molar-refractivity contribution in [1.29, 1.82) is 0 Å². The van der Waals surface area contributed by atoms with E-state index in [2.05, 4.69) is 14.7 Å². The second-order valence-electron chi connectivity index (χ2n) is 4.11. The van der Waals surface area contributed by atoms with Crippen molar-refractivity contribution in [3.63, 3.8) is 0 Å². The number of benzene rings is 1. The van der Waals surface area contributed by atoms with Gasteiger partial charge in [0.25, 0.3) is 10.2 Å². The number of aromatic nitrogens is 2. The van der Waals surface area contributed by atoms with Crippen LogP contribution in [-0.2, 0) is 16.8 Å². The Bertz CT molecular complexity index is 614. The third kappa shape index (κ3) is 3.12. The molecule has 0 saturated heterocycles. The maximum Gasteiger partial charge on any atom is 0.279 e. The highest BCUT2D eigenvalue weighted by Crippen LogP contribution is 2.10. The van der Waals surface area contributed by atoms with Crippen molar-refractivity contribution >= 4 is 21.2 Å². The third-order valence-corrected chi connectivity index (χ3v) is 4.61. The number of nitrogens with one attached hydrogen (secondary N) is 2. The molecule has 0 unspecified atom stereocenters. The summed E-state index contributed by atoms with van der Waals surface area (Å²) >= 11 is 0. The van der Waals surface area contributed by atoms with Crippen molar-refractivity contribution < 1.29 is 8.42 Å². The molecule has 2 N–H and O–H groups in total. The predicted octanol–water partition coefficient (Wildman–Crippen LogP) is 1.24. The van der Waals surface area contributed by atoms with Crippen LogP contribution in [0.5, 0.6) is 0 Å². The second kappa shape index (κ2) is 5.68. The molecule has 2 rings (SSSR count). The first-order valence-electron chi connectivity index (χ1n) is 6.25. The smallest absolute Gasteiger partial charge is 0.279 e. The summed E-state index contributed by atoms with van der Waals surface area (Å²) < 4.78 is 27.8. The van der Waals surface area contributed by atoms with Crippen LogP contribution in [0.2, 0.25) is 0 Å². The minimum Gasteiger partial charge on any atom is -0.341 e. The number of fused-ring (bicyclic) bond motifs is 1. The summed E-state index contributed by atoms with van der Waals surface area (Å²) in [6, 6.07) is 7.59. The minimum absolute atomic E-state index is 0.160. The van der Waals surface area contributed by atoms with Crippen LogP contribution < -0.4 is 4.72 Å². The Balaban J connectivity index is 2.10.